The van der Waals surface area contributed by atoms with E-state index < -0.39 is 6.10 Å². The van der Waals surface area contributed by atoms with Gasteiger partial charge in [-0.15, -0.1) is 0 Å². The molecule has 0 fully saturated rings. The molecule has 122 valence electrons. The van der Waals surface area contributed by atoms with Gasteiger partial charge in [-0.2, -0.15) is 0 Å². The van der Waals surface area contributed by atoms with E-state index in [1.165, 1.54) is 0 Å². The number of carbonyl (C=O) groups is 1. The fourth-order valence-corrected chi connectivity index (χ4v) is 2.03. The van der Waals surface area contributed by atoms with Crippen molar-refractivity contribution < 1.29 is 24.5 Å². The molecular weight excluding hydrogens is 284 g/mol. The van der Waals surface area contributed by atoms with E-state index in [9.17, 15) is 9.90 Å². The zero-order chi connectivity index (χ0) is 16.5. The lowest BCUT2D eigenvalue weighted by molar-refractivity contribution is -0.138. The van der Waals surface area contributed by atoms with Crippen molar-refractivity contribution in [1.82, 2.24) is 0 Å². The first-order chi connectivity index (χ1) is 10.5. The molecule has 0 unspecified atom stereocenters. The maximum atomic E-state index is 11.6. The van der Waals surface area contributed by atoms with Gasteiger partial charge in [0.2, 0.25) is 0 Å². The second-order valence-electron chi connectivity index (χ2n) is 5.02. The molecule has 0 amide bonds. The van der Waals surface area contributed by atoms with Gasteiger partial charge in [0.25, 0.3) is 0 Å². The standard InChI is InChI=1S/C17H24O5/c1-4-21-17(20)13(3)11-12(2)16(19)14-5-7-15(8-6-14)22-10-9-18/h5-8,11-12,16,18-19H,4,9-10H2,1-3H3/b13-11+/t12-,16+/m0/s1. The Morgan fingerprint density at radius 1 is 1.32 bits per heavy atom. The van der Waals surface area contributed by atoms with E-state index in [0.29, 0.717) is 17.9 Å². The summed E-state index contributed by atoms with van der Waals surface area (Å²) in [6, 6.07) is 7.01. The molecule has 0 heterocycles. The quantitative estimate of drug-likeness (QED) is 0.569. The minimum absolute atomic E-state index is 0.0423. The molecule has 0 saturated carbocycles. The van der Waals surface area contributed by atoms with Crippen LogP contribution in [-0.2, 0) is 9.53 Å². The van der Waals surface area contributed by atoms with E-state index in [1.807, 2.05) is 6.92 Å². The smallest absolute Gasteiger partial charge is 0.333 e. The molecule has 0 aliphatic heterocycles. The molecular formula is C17H24O5. The Labute approximate surface area is 131 Å². The third-order valence-electron chi connectivity index (χ3n) is 3.19. The van der Waals surface area contributed by atoms with E-state index >= 15 is 0 Å². The van der Waals surface area contributed by atoms with Crippen molar-refractivity contribution in [2.75, 3.05) is 19.8 Å². The van der Waals surface area contributed by atoms with Crippen LogP contribution in [0.2, 0.25) is 0 Å². The summed E-state index contributed by atoms with van der Waals surface area (Å²) in [4.78, 5) is 11.6. The van der Waals surface area contributed by atoms with Gasteiger partial charge in [-0.3, -0.25) is 0 Å². The van der Waals surface area contributed by atoms with E-state index in [-0.39, 0.29) is 25.1 Å². The summed E-state index contributed by atoms with van der Waals surface area (Å²) < 4.78 is 10.2. The molecule has 22 heavy (non-hydrogen) atoms. The van der Waals surface area contributed by atoms with Crippen molar-refractivity contribution in [2.24, 2.45) is 5.92 Å². The molecule has 1 aromatic carbocycles. The van der Waals surface area contributed by atoms with E-state index in [4.69, 9.17) is 14.6 Å². The molecule has 2 atom stereocenters. The van der Waals surface area contributed by atoms with Crippen LogP contribution in [0.1, 0.15) is 32.4 Å². The predicted molar refractivity (Wildman–Crippen MR) is 83.5 cm³/mol. The van der Waals surface area contributed by atoms with Crippen LogP contribution in [0.3, 0.4) is 0 Å². The fraction of sp³-hybridized carbons (Fsp3) is 0.471. The Morgan fingerprint density at radius 2 is 1.95 bits per heavy atom. The Morgan fingerprint density at radius 3 is 2.50 bits per heavy atom. The molecule has 0 aliphatic rings. The summed E-state index contributed by atoms with van der Waals surface area (Å²) in [5, 5.41) is 19.0. The lowest BCUT2D eigenvalue weighted by Gasteiger charge is -2.17. The summed E-state index contributed by atoms with van der Waals surface area (Å²) in [5.74, 6) is 0.0406. The van der Waals surface area contributed by atoms with Crippen LogP contribution >= 0.6 is 0 Å². The lowest BCUT2D eigenvalue weighted by Crippen LogP contribution is -2.11. The van der Waals surface area contributed by atoms with Gasteiger partial charge >= 0.3 is 5.97 Å². The van der Waals surface area contributed by atoms with Crippen LogP contribution < -0.4 is 4.74 Å². The lowest BCUT2D eigenvalue weighted by atomic mass is 9.95. The Kier molecular flexibility index (Phi) is 7.63. The molecule has 0 aromatic heterocycles. The van der Waals surface area contributed by atoms with Gasteiger partial charge in [0.15, 0.2) is 0 Å². The molecule has 0 spiro atoms. The van der Waals surface area contributed by atoms with Crippen LogP contribution in [-0.4, -0.2) is 36.0 Å². The number of aliphatic hydroxyl groups excluding tert-OH is 2. The molecule has 5 heteroatoms. The third-order valence-corrected chi connectivity index (χ3v) is 3.19. The van der Waals surface area contributed by atoms with Crippen LogP contribution in [0.25, 0.3) is 0 Å². The highest BCUT2D eigenvalue weighted by atomic mass is 16.5. The number of carbonyl (C=O) groups excluding carboxylic acids is 1. The van der Waals surface area contributed by atoms with Gasteiger partial charge in [0.05, 0.1) is 19.3 Å². The molecule has 0 radical (unpaired) electrons. The number of hydrogen-bond acceptors (Lipinski definition) is 5. The second kappa shape index (κ2) is 9.23. The number of esters is 1. The highest BCUT2D eigenvalue weighted by molar-refractivity contribution is 5.87. The SMILES string of the molecule is CCOC(=O)/C(C)=C/[C@H](C)[C@@H](O)c1ccc(OCCO)cc1. The third kappa shape index (κ3) is 5.50. The maximum Gasteiger partial charge on any atom is 0.333 e. The van der Waals surface area contributed by atoms with Crippen LogP contribution in [0, 0.1) is 5.92 Å². The molecule has 2 N–H and O–H groups in total. The highest BCUT2D eigenvalue weighted by Crippen LogP contribution is 2.25. The fourth-order valence-electron chi connectivity index (χ4n) is 2.03. The minimum atomic E-state index is -0.726. The molecule has 0 aliphatic carbocycles. The van der Waals surface area contributed by atoms with E-state index in [0.717, 1.165) is 5.56 Å². The number of ether oxygens (including phenoxy) is 2. The Hall–Kier alpha value is -1.85. The van der Waals surface area contributed by atoms with Gasteiger partial charge in [-0.25, -0.2) is 4.79 Å². The zero-order valence-electron chi connectivity index (χ0n) is 13.3. The molecule has 1 aromatic rings. The maximum absolute atomic E-state index is 11.6. The van der Waals surface area contributed by atoms with Crippen molar-refractivity contribution in [3.05, 3.63) is 41.5 Å². The summed E-state index contributed by atoms with van der Waals surface area (Å²) in [7, 11) is 0. The summed E-state index contributed by atoms with van der Waals surface area (Å²) in [6.07, 6.45) is 0.981. The van der Waals surface area contributed by atoms with Gasteiger partial charge < -0.3 is 19.7 Å². The van der Waals surface area contributed by atoms with Gasteiger partial charge in [-0.1, -0.05) is 25.1 Å². The van der Waals surface area contributed by atoms with Crippen molar-refractivity contribution in [1.29, 1.82) is 0 Å². The topological polar surface area (TPSA) is 76.0 Å². The number of aliphatic hydroxyl groups is 2. The van der Waals surface area contributed by atoms with Gasteiger partial charge in [0.1, 0.15) is 12.4 Å². The largest absolute Gasteiger partial charge is 0.491 e. The van der Waals surface area contributed by atoms with Crippen molar-refractivity contribution in [3.63, 3.8) is 0 Å². The van der Waals surface area contributed by atoms with Crippen LogP contribution in [0.15, 0.2) is 35.9 Å². The summed E-state index contributed by atoms with van der Waals surface area (Å²) in [6.45, 7) is 5.79. The average Bonchev–Trinajstić information content (AvgIpc) is 2.52. The number of rotatable bonds is 8. The Balaban J connectivity index is 2.71. The van der Waals surface area contributed by atoms with Crippen molar-refractivity contribution in [2.45, 2.75) is 26.9 Å². The van der Waals surface area contributed by atoms with E-state index in [2.05, 4.69) is 0 Å². The molecule has 0 saturated heterocycles. The van der Waals surface area contributed by atoms with E-state index in [1.54, 1.807) is 44.2 Å². The monoisotopic (exact) mass is 308 g/mol. The van der Waals surface area contributed by atoms with Crippen molar-refractivity contribution >= 4 is 5.97 Å². The Bertz CT molecular complexity index is 492. The number of hydrogen-bond donors (Lipinski definition) is 2. The summed E-state index contributed by atoms with van der Waals surface area (Å²) >= 11 is 0. The van der Waals surface area contributed by atoms with Crippen molar-refractivity contribution in [3.8, 4) is 5.75 Å². The average molecular weight is 308 g/mol. The molecule has 5 nitrogen and oxygen atoms in total. The zero-order valence-corrected chi connectivity index (χ0v) is 13.3. The summed E-state index contributed by atoms with van der Waals surface area (Å²) in [5.41, 5.74) is 1.22. The first-order valence-electron chi connectivity index (χ1n) is 7.36. The first kappa shape index (κ1) is 18.2. The first-order valence-corrected chi connectivity index (χ1v) is 7.36. The molecule has 1 rings (SSSR count). The van der Waals surface area contributed by atoms with Gasteiger partial charge in [0, 0.05) is 11.5 Å². The molecule has 0 bridgehead atoms. The normalized spacial score (nSPS) is 14.3. The minimum Gasteiger partial charge on any atom is -0.491 e. The predicted octanol–water partition coefficient (Wildman–Crippen LogP) is 2.24. The number of benzene rings is 1. The second-order valence-corrected chi connectivity index (χ2v) is 5.02. The van der Waals surface area contributed by atoms with Gasteiger partial charge in [-0.05, 0) is 31.5 Å². The van der Waals surface area contributed by atoms with Crippen LogP contribution in [0.4, 0.5) is 0 Å². The van der Waals surface area contributed by atoms with Crippen LogP contribution in [0.5, 0.6) is 5.75 Å². The highest BCUT2D eigenvalue weighted by Gasteiger charge is 2.16.